The van der Waals surface area contributed by atoms with Crippen LogP contribution < -0.4 is 10.1 Å². The summed E-state index contributed by atoms with van der Waals surface area (Å²) in [7, 11) is 1.40. The zero-order valence-electron chi connectivity index (χ0n) is 12.7. The molecule has 1 saturated heterocycles. The van der Waals surface area contributed by atoms with E-state index in [9.17, 15) is 8.78 Å². The van der Waals surface area contributed by atoms with E-state index < -0.39 is 17.7 Å². The van der Waals surface area contributed by atoms with E-state index in [-0.39, 0.29) is 23.7 Å². The third kappa shape index (κ3) is 3.83. The van der Waals surface area contributed by atoms with Gasteiger partial charge in [0.2, 0.25) is 0 Å². The molecule has 7 heteroatoms. The molecule has 3 rings (SSSR count). The molecule has 3 nitrogen and oxygen atoms in total. The first-order valence-corrected chi connectivity index (χ1v) is 8.09. The van der Waals surface area contributed by atoms with E-state index in [1.165, 1.54) is 30.6 Å². The summed E-state index contributed by atoms with van der Waals surface area (Å²) in [6.45, 7) is 3.16. The van der Waals surface area contributed by atoms with Crippen molar-refractivity contribution in [1.82, 2.24) is 10.2 Å². The molecule has 126 valence electrons. The van der Waals surface area contributed by atoms with Crippen LogP contribution in [-0.2, 0) is 0 Å². The van der Waals surface area contributed by atoms with Gasteiger partial charge in [0, 0.05) is 48.8 Å². The Morgan fingerprint density at radius 3 is 2.39 bits per heavy atom. The lowest BCUT2D eigenvalue weighted by Gasteiger charge is -2.35. The van der Waals surface area contributed by atoms with E-state index in [1.807, 2.05) is 17.5 Å². The highest BCUT2D eigenvalue weighted by molar-refractivity contribution is 7.10. The molecule has 1 fully saturated rings. The largest absolute Gasteiger partial charge is 0.497 e. The van der Waals surface area contributed by atoms with Crippen molar-refractivity contribution in [2.24, 2.45) is 0 Å². The molecule has 0 bridgehead atoms. The number of rotatable bonds is 4. The summed E-state index contributed by atoms with van der Waals surface area (Å²) in [5, 5.41) is 5.20. The predicted molar refractivity (Wildman–Crippen MR) is 90.8 cm³/mol. The fraction of sp³-hybridized carbons (Fsp3) is 0.375. The number of hydrogen-bond acceptors (Lipinski definition) is 4. The Balaban J connectivity index is 0.00000192. The van der Waals surface area contributed by atoms with Crippen molar-refractivity contribution in [1.29, 1.82) is 0 Å². The Morgan fingerprint density at radius 1 is 1.22 bits per heavy atom. The van der Waals surface area contributed by atoms with Crippen molar-refractivity contribution in [3.63, 3.8) is 0 Å². The zero-order chi connectivity index (χ0) is 15.5. The first-order valence-electron chi connectivity index (χ1n) is 7.22. The van der Waals surface area contributed by atoms with Crippen molar-refractivity contribution in [2.45, 2.75) is 6.04 Å². The lowest BCUT2D eigenvalue weighted by Crippen LogP contribution is -2.45. The number of nitrogens with zero attached hydrogens (tertiary/aromatic N) is 1. The third-order valence-corrected chi connectivity index (χ3v) is 4.82. The summed E-state index contributed by atoms with van der Waals surface area (Å²) < 4.78 is 34.0. The summed E-state index contributed by atoms with van der Waals surface area (Å²) in [6.07, 6.45) is 0. The molecular weight excluding hydrogens is 342 g/mol. The molecule has 2 aromatic rings. The van der Waals surface area contributed by atoms with Gasteiger partial charge in [0.25, 0.3) is 0 Å². The van der Waals surface area contributed by atoms with Gasteiger partial charge in [-0.25, -0.2) is 8.78 Å². The van der Waals surface area contributed by atoms with Gasteiger partial charge in [0.05, 0.1) is 13.2 Å². The van der Waals surface area contributed by atoms with Gasteiger partial charge in [-0.15, -0.1) is 23.7 Å². The maximum Gasteiger partial charge on any atom is 0.134 e. The molecule has 23 heavy (non-hydrogen) atoms. The second-order valence-electron chi connectivity index (χ2n) is 5.21. The molecule has 1 atom stereocenters. The van der Waals surface area contributed by atoms with Crippen molar-refractivity contribution in [2.75, 3.05) is 33.3 Å². The van der Waals surface area contributed by atoms with Crippen LogP contribution in [0.15, 0.2) is 29.6 Å². The van der Waals surface area contributed by atoms with Gasteiger partial charge in [-0.05, 0) is 11.4 Å². The first kappa shape index (κ1) is 18.1. The molecule has 0 aliphatic carbocycles. The van der Waals surface area contributed by atoms with Gasteiger partial charge in [0.1, 0.15) is 17.4 Å². The van der Waals surface area contributed by atoms with Crippen molar-refractivity contribution in [3.05, 3.63) is 51.7 Å². The molecule has 0 radical (unpaired) electrons. The second-order valence-corrected chi connectivity index (χ2v) is 6.19. The number of benzene rings is 1. The Kier molecular flexibility index (Phi) is 6.35. The second kappa shape index (κ2) is 8.06. The van der Waals surface area contributed by atoms with Crippen LogP contribution in [-0.4, -0.2) is 38.2 Å². The number of nitrogens with one attached hydrogen (secondary N) is 1. The summed E-state index contributed by atoms with van der Waals surface area (Å²) >= 11 is 1.52. The molecule has 1 aliphatic rings. The van der Waals surface area contributed by atoms with Crippen LogP contribution in [0.3, 0.4) is 0 Å². The molecule has 1 aromatic carbocycles. The quantitative estimate of drug-likeness (QED) is 0.903. The smallest absolute Gasteiger partial charge is 0.134 e. The van der Waals surface area contributed by atoms with Crippen LogP contribution >= 0.6 is 23.7 Å². The first-order chi connectivity index (χ1) is 10.7. The van der Waals surface area contributed by atoms with E-state index in [0.717, 1.165) is 31.1 Å². The molecule has 1 aliphatic heterocycles. The maximum absolute atomic E-state index is 14.5. The van der Waals surface area contributed by atoms with Gasteiger partial charge in [-0.3, -0.25) is 4.90 Å². The highest BCUT2D eigenvalue weighted by atomic mass is 35.5. The molecule has 0 unspecified atom stereocenters. The average Bonchev–Trinajstić information content (AvgIpc) is 3.05. The number of ether oxygens (including phenoxy) is 1. The minimum Gasteiger partial charge on any atom is -0.497 e. The zero-order valence-corrected chi connectivity index (χ0v) is 14.4. The van der Waals surface area contributed by atoms with E-state index in [2.05, 4.69) is 10.2 Å². The number of halogens is 3. The van der Waals surface area contributed by atoms with Gasteiger partial charge >= 0.3 is 0 Å². The summed E-state index contributed by atoms with van der Waals surface area (Å²) in [5.74, 6) is -0.924. The standard InChI is InChI=1S/C16H18F2N2OS.ClH/c1-21-11-9-12(17)15(13(18)10-11)16(14-3-2-8-22-14)20-6-4-19-5-7-20;/h2-3,8-10,16,19H,4-7H2,1H3;1H/t16-;/m0./s1. The molecule has 2 heterocycles. The summed E-state index contributed by atoms with van der Waals surface area (Å²) in [5.41, 5.74) is 0.102. The SMILES string of the molecule is COc1cc(F)c([C@H](c2cccs2)N2CCNCC2)c(F)c1.Cl. The van der Waals surface area contributed by atoms with Crippen LogP contribution in [0.5, 0.6) is 5.75 Å². The van der Waals surface area contributed by atoms with Crippen LogP contribution in [0.4, 0.5) is 8.78 Å². The van der Waals surface area contributed by atoms with Gasteiger partial charge in [-0.2, -0.15) is 0 Å². The fourth-order valence-electron chi connectivity index (χ4n) is 2.83. The Hall–Kier alpha value is -1.21. The van der Waals surface area contributed by atoms with E-state index in [4.69, 9.17) is 4.74 Å². The Labute approximate surface area is 144 Å². The number of hydrogen-bond donors (Lipinski definition) is 1. The number of methoxy groups -OCH3 is 1. The van der Waals surface area contributed by atoms with Gasteiger partial charge in [0.15, 0.2) is 0 Å². The van der Waals surface area contributed by atoms with Crippen LogP contribution in [0, 0.1) is 11.6 Å². The minimum atomic E-state index is -0.561. The average molecular weight is 361 g/mol. The predicted octanol–water partition coefficient (Wildman–Crippen LogP) is 3.45. The highest BCUT2D eigenvalue weighted by Gasteiger charge is 2.30. The van der Waals surface area contributed by atoms with Crippen molar-refractivity contribution >= 4 is 23.7 Å². The summed E-state index contributed by atoms with van der Waals surface area (Å²) in [6, 6.07) is 5.95. The fourth-order valence-corrected chi connectivity index (χ4v) is 3.70. The van der Waals surface area contributed by atoms with Crippen LogP contribution in [0.2, 0.25) is 0 Å². The highest BCUT2D eigenvalue weighted by Crippen LogP contribution is 2.36. The lowest BCUT2D eigenvalue weighted by atomic mass is 10.0. The molecule has 0 spiro atoms. The maximum atomic E-state index is 14.5. The summed E-state index contributed by atoms with van der Waals surface area (Å²) in [4.78, 5) is 3.07. The van der Waals surface area contributed by atoms with E-state index in [1.54, 1.807) is 0 Å². The number of piperazine rings is 1. The molecule has 1 aromatic heterocycles. The molecule has 0 amide bonds. The van der Waals surface area contributed by atoms with Crippen molar-refractivity contribution < 1.29 is 13.5 Å². The monoisotopic (exact) mass is 360 g/mol. The topological polar surface area (TPSA) is 24.5 Å². The normalized spacial score (nSPS) is 16.7. The molecular formula is C16H19ClF2N2OS. The van der Waals surface area contributed by atoms with Crippen molar-refractivity contribution in [3.8, 4) is 5.75 Å². The molecule has 0 saturated carbocycles. The van der Waals surface area contributed by atoms with Gasteiger partial charge < -0.3 is 10.1 Å². The molecule has 1 N–H and O–H groups in total. The van der Waals surface area contributed by atoms with E-state index >= 15 is 0 Å². The Bertz CT molecular complexity index is 610. The minimum absolute atomic E-state index is 0. The van der Waals surface area contributed by atoms with Crippen LogP contribution in [0.25, 0.3) is 0 Å². The Morgan fingerprint density at radius 2 is 1.87 bits per heavy atom. The van der Waals surface area contributed by atoms with Gasteiger partial charge in [-0.1, -0.05) is 6.07 Å². The lowest BCUT2D eigenvalue weighted by molar-refractivity contribution is 0.194. The number of thiophene rings is 1. The van der Waals surface area contributed by atoms with E-state index in [0.29, 0.717) is 0 Å². The van der Waals surface area contributed by atoms with Crippen LogP contribution in [0.1, 0.15) is 16.5 Å². The third-order valence-electron chi connectivity index (χ3n) is 3.89.